The number of halogens is 1. The Morgan fingerprint density at radius 2 is 1.77 bits per heavy atom. The lowest BCUT2D eigenvalue weighted by atomic mass is 9.93. The van der Waals surface area contributed by atoms with Crippen LogP contribution in [0.4, 0.5) is 0 Å². The molecule has 3 aromatic rings. The first-order chi connectivity index (χ1) is 12.5. The van der Waals surface area contributed by atoms with Crippen LogP contribution in [0.1, 0.15) is 23.6 Å². The summed E-state index contributed by atoms with van der Waals surface area (Å²) in [4.78, 5) is 28.4. The quantitative estimate of drug-likeness (QED) is 0.632. The second-order valence-corrected chi connectivity index (χ2v) is 7.17. The highest BCUT2D eigenvalue weighted by Crippen LogP contribution is 2.26. The molecular weight excluding hydrogens is 370 g/mol. The van der Waals surface area contributed by atoms with Crippen LogP contribution >= 0.6 is 22.9 Å². The number of hydrogen-bond acceptors (Lipinski definition) is 4. The van der Waals surface area contributed by atoms with Crippen molar-refractivity contribution in [2.75, 3.05) is 0 Å². The van der Waals surface area contributed by atoms with Gasteiger partial charge >= 0.3 is 5.97 Å². The molecular formula is C20H16ClNO3S. The summed E-state index contributed by atoms with van der Waals surface area (Å²) in [6.45, 7) is 0. The maximum absolute atomic E-state index is 12.4. The summed E-state index contributed by atoms with van der Waals surface area (Å²) >= 11 is 7.31. The first-order valence-corrected chi connectivity index (χ1v) is 9.28. The van der Waals surface area contributed by atoms with E-state index in [2.05, 4.69) is 4.98 Å². The van der Waals surface area contributed by atoms with Crippen molar-refractivity contribution in [1.29, 1.82) is 0 Å². The van der Waals surface area contributed by atoms with Crippen molar-refractivity contribution in [1.82, 2.24) is 4.98 Å². The van der Waals surface area contributed by atoms with Crippen molar-refractivity contribution in [2.45, 2.75) is 18.8 Å². The molecule has 1 atom stereocenters. The molecule has 0 aliphatic heterocycles. The van der Waals surface area contributed by atoms with E-state index in [0.717, 1.165) is 10.6 Å². The largest absolute Gasteiger partial charge is 0.481 e. The van der Waals surface area contributed by atoms with Gasteiger partial charge in [-0.2, -0.15) is 0 Å². The lowest BCUT2D eigenvalue weighted by molar-refractivity contribution is -0.140. The van der Waals surface area contributed by atoms with Gasteiger partial charge in [-0.3, -0.25) is 9.59 Å². The van der Waals surface area contributed by atoms with Gasteiger partial charge in [-0.25, -0.2) is 4.98 Å². The van der Waals surface area contributed by atoms with Crippen LogP contribution in [0.5, 0.6) is 0 Å². The van der Waals surface area contributed by atoms with E-state index in [4.69, 9.17) is 11.6 Å². The Labute approximate surface area is 160 Å². The zero-order valence-electron chi connectivity index (χ0n) is 13.8. The number of nitrogens with zero attached hydrogens (tertiary/aromatic N) is 1. The number of benzene rings is 2. The van der Waals surface area contributed by atoms with Gasteiger partial charge in [0.2, 0.25) is 0 Å². The number of rotatable bonds is 7. The molecule has 0 fully saturated rings. The minimum atomic E-state index is -1.02. The van der Waals surface area contributed by atoms with Crippen LogP contribution in [0.15, 0.2) is 60.0 Å². The number of thiazole rings is 1. The predicted octanol–water partition coefficient (Wildman–Crippen LogP) is 4.83. The molecule has 0 saturated carbocycles. The highest BCUT2D eigenvalue weighted by molar-refractivity contribution is 7.13. The molecule has 1 aromatic heterocycles. The third-order valence-corrected chi connectivity index (χ3v) is 5.15. The summed E-state index contributed by atoms with van der Waals surface area (Å²) in [5.74, 6) is -2.06. The Hall–Kier alpha value is -2.50. The van der Waals surface area contributed by atoms with Gasteiger partial charge in [0, 0.05) is 28.8 Å². The first kappa shape index (κ1) is 18.3. The first-order valence-electron chi connectivity index (χ1n) is 8.02. The number of carbonyl (C=O) groups excluding carboxylic acids is 1. The number of ketones is 1. The van der Waals surface area contributed by atoms with E-state index in [9.17, 15) is 14.7 Å². The van der Waals surface area contributed by atoms with E-state index >= 15 is 0 Å². The molecule has 132 valence electrons. The molecule has 0 radical (unpaired) electrons. The third-order valence-electron chi connectivity index (χ3n) is 3.95. The van der Waals surface area contributed by atoms with E-state index in [1.165, 1.54) is 11.3 Å². The van der Waals surface area contributed by atoms with E-state index in [1.807, 2.05) is 35.7 Å². The molecule has 3 rings (SSSR count). The zero-order chi connectivity index (χ0) is 18.5. The van der Waals surface area contributed by atoms with Crippen molar-refractivity contribution < 1.29 is 14.7 Å². The molecule has 0 amide bonds. The second-order valence-electron chi connectivity index (χ2n) is 5.87. The van der Waals surface area contributed by atoms with Crippen molar-refractivity contribution >= 4 is 34.7 Å². The van der Waals surface area contributed by atoms with Crippen LogP contribution in [-0.4, -0.2) is 21.8 Å². The summed E-state index contributed by atoms with van der Waals surface area (Å²) in [6, 6.07) is 16.3. The average Bonchev–Trinajstić information content (AvgIpc) is 3.09. The molecule has 1 N–H and O–H groups in total. The molecule has 0 bridgehead atoms. The molecule has 0 aliphatic carbocycles. The van der Waals surface area contributed by atoms with Crippen molar-refractivity contribution in [3.63, 3.8) is 0 Å². The SMILES string of the molecule is O=C(Cc1csc(-c2ccccc2)n1)CC(C(=O)O)c1ccc(Cl)cc1. The van der Waals surface area contributed by atoms with Gasteiger partial charge in [0.1, 0.15) is 10.8 Å². The Balaban J connectivity index is 1.68. The predicted molar refractivity (Wildman–Crippen MR) is 103 cm³/mol. The van der Waals surface area contributed by atoms with Crippen molar-refractivity contribution in [3.05, 3.63) is 76.3 Å². The summed E-state index contributed by atoms with van der Waals surface area (Å²) in [6.07, 6.45) is 0.0515. The van der Waals surface area contributed by atoms with Crippen LogP contribution in [0, 0.1) is 0 Å². The van der Waals surface area contributed by atoms with Gasteiger partial charge in [0.15, 0.2) is 0 Å². The second kappa shape index (κ2) is 8.25. The maximum atomic E-state index is 12.4. The number of carboxylic acid groups (broad SMARTS) is 1. The zero-order valence-corrected chi connectivity index (χ0v) is 15.3. The fraction of sp³-hybridized carbons (Fsp3) is 0.150. The van der Waals surface area contributed by atoms with Gasteiger partial charge in [-0.15, -0.1) is 11.3 Å². The molecule has 4 nitrogen and oxygen atoms in total. The molecule has 0 spiro atoms. The number of carboxylic acids is 1. The number of carbonyl (C=O) groups is 2. The van der Waals surface area contributed by atoms with Crippen LogP contribution in [0.3, 0.4) is 0 Å². The van der Waals surface area contributed by atoms with Gasteiger partial charge in [-0.1, -0.05) is 54.1 Å². The molecule has 26 heavy (non-hydrogen) atoms. The standard InChI is InChI=1S/C20H16ClNO3S/c21-15-8-6-13(7-9-15)18(20(24)25)11-17(23)10-16-12-26-19(22-16)14-4-2-1-3-5-14/h1-9,12,18H,10-11H2,(H,24,25). The van der Waals surface area contributed by atoms with Gasteiger partial charge in [-0.05, 0) is 17.7 Å². The Morgan fingerprint density at radius 3 is 2.42 bits per heavy atom. The maximum Gasteiger partial charge on any atom is 0.311 e. The van der Waals surface area contributed by atoms with Crippen LogP contribution < -0.4 is 0 Å². The van der Waals surface area contributed by atoms with Gasteiger partial charge in [0.25, 0.3) is 0 Å². The van der Waals surface area contributed by atoms with Crippen LogP contribution in [0.25, 0.3) is 10.6 Å². The normalized spacial score (nSPS) is 11.9. The van der Waals surface area contributed by atoms with Crippen LogP contribution in [-0.2, 0) is 16.0 Å². The fourth-order valence-electron chi connectivity index (χ4n) is 2.65. The molecule has 1 unspecified atom stereocenters. The van der Waals surface area contributed by atoms with Gasteiger partial charge < -0.3 is 5.11 Å². The number of hydrogen-bond donors (Lipinski definition) is 1. The number of aliphatic carboxylic acids is 1. The average molecular weight is 386 g/mol. The minimum Gasteiger partial charge on any atom is -0.481 e. The number of aromatic nitrogens is 1. The number of Topliss-reactive ketones (excluding diaryl/α,β-unsaturated/α-hetero) is 1. The molecule has 2 aromatic carbocycles. The Bertz CT molecular complexity index is 906. The summed E-state index contributed by atoms with van der Waals surface area (Å²) in [5, 5.41) is 12.7. The lowest BCUT2D eigenvalue weighted by Gasteiger charge is -2.11. The monoisotopic (exact) mass is 385 g/mol. The molecule has 0 saturated heterocycles. The molecule has 6 heteroatoms. The van der Waals surface area contributed by atoms with Crippen molar-refractivity contribution in [3.8, 4) is 10.6 Å². The Kier molecular flexibility index (Phi) is 5.81. The van der Waals surface area contributed by atoms with Crippen molar-refractivity contribution in [2.24, 2.45) is 0 Å². The lowest BCUT2D eigenvalue weighted by Crippen LogP contribution is -2.17. The van der Waals surface area contributed by atoms with E-state index in [-0.39, 0.29) is 18.6 Å². The van der Waals surface area contributed by atoms with Gasteiger partial charge in [0.05, 0.1) is 11.6 Å². The fourth-order valence-corrected chi connectivity index (χ4v) is 3.60. The smallest absolute Gasteiger partial charge is 0.311 e. The van der Waals surface area contributed by atoms with E-state index < -0.39 is 11.9 Å². The summed E-state index contributed by atoms with van der Waals surface area (Å²) < 4.78 is 0. The topological polar surface area (TPSA) is 67.3 Å². The highest BCUT2D eigenvalue weighted by Gasteiger charge is 2.23. The van der Waals surface area contributed by atoms with Crippen LogP contribution in [0.2, 0.25) is 5.02 Å². The minimum absolute atomic E-state index is 0.0742. The van der Waals surface area contributed by atoms with E-state index in [1.54, 1.807) is 24.3 Å². The molecule has 1 heterocycles. The summed E-state index contributed by atoms with van der Waals surface area (Å²) in [7, 11) is 0. The molecule has 0 aliphatic rings. The highest BCUT2D eigenvalue weighted by atomic mass is 35.5. The van der Waals surface area contributed by atoms with E-state index in [0.29, 0.717) is 16.3 Å². The third kappa shape index (κ3) is 4.56. The summed E-state index contributed by atoms with van der Waals surface area (Å²) in [5.41, 5.74) is 2.23. The Morgan fingerprint density at radius 1 is 1.08 bits per heavy atom.